The maximum absolute atomic E-state index is 5.76. The van der Waals surface area contributed by atoms with Gasteiger partial charge in [-0.15, -0.1) is 0 Å². The molecule has 2 aromatic rings. The first-order chi connectivity index (χ1) is 10.2. The minimum atomic E-state index is 0.411. The Morgan fingerprint density at radius 2 is 1.62 bits per heavy atom. The summed E-state index contributed by atoms with van der Waals surface area (Å²) in [6.45, 7) is 1.25. The minimum absolute atomic E-state index is 0.411. The van der Waals surface area contributed by atoms with Gasteiger partial charge in [0, 0.05) is 12.7 Å². The predicted molar refractivity (Wildman–Crippen MR) is 88.7 cm³/mol. The SMILES string of the molecule is COCCc1ccc(OCc2ccc(C(N)=S)cc2)cc1. The quantitative estimate of drug-likeness (QED) is 0.798. The summed E-state index contributed by atoms with van der Waals surface area (Å²) in [5.74, 6) is 0.856. The van der Waals surface area contributed by atoms with Crippen LogP contribution in [0.5, 0.6) is 5.75 Å². The van der Waals surface area contributed by atoms with Crippen LogP contribution in [0.4, 0.5) is 0 Å². The van der Waals surface area contributed by atoms with E-state index in [0.29, 0.717) is 11.6 Å². The molecule has 21 heavy (non-hydrogen) atoms. The summed E-state index contributed by atoms with van der Waals surface area (Å²) in [5.41, 5.74) is 8.76. The van der Waals surface area contributed by atoms with Gasteiger partial charge in [-0.2, -0.15) is 0 Å². The van der Waals surface area contributed by atoms with Gasteiger partial charge in [0.2, 0.25) is 0 Å². The number of methoxy groups -OCH3 is 1. The Bertz CT molecular complexity index is 579. The molecule has 0 aliphatic rings. The molecular weight excluding hydrogens is 282 g/mol. The van der Waals surface area contributed by atoms with E-state index < -0.39 is 0 Å². The summed E-state index contributed by atoms with van der Waals surface area (Å²) >= 11 is 4.93. The van der Waals surface area contributed by atoms with Gasteiger partial charge in [-0.1, -0.05) is 48.6 Å². The van der Waals surface area contributed by atoms with Gasteiger partial charge in [-0.05, 0) is 29.7 Å². The third-order valence-corrected chi connectivity index (χ3v) is 3.40. The molecule has 0 aromatic heterocycles. The molecule has 3 nitrogen and oxygen atoms in total. The standard InChI is InChI=1S/C17H19NO2S/c1-19-11-10-13-4-8-16(9-5-13)20-12-14-2-6-15(7-3-14)17(18)21/h2-9H,10-12H2,1H3,(H2,18,21). The van der Waals surface area contributed by atoms with Crippen molar-refractivity contribution < 1.29 is 9.47 Å². The molecule has 0 amide bonds. The third-order valence-electron chi connectivity index (χ3n) is 3.16. The van der Waals surface area contributed by atoms with Gasteiger partial charge in [0.25, 0.3) is 0 Å². The average Bonchev–Trinajstić information content (AvgIpc) is 2.52. The molecule has 0 unspecified atom stereocenters. The van der Waals surface area contributed by atoms with Crippen molar-refractivity contribution >= 4 is 17.2 Å². The molecular formula is C17H19NO2S. The number of nitrogens with two attached hydrogens (primary N) is 1. The maximum atomic E-state index is 5.76. The molecule has 2 rings (SSSR count). The highest BCUT2D eigenvalue weighted by molar-refractivity contribution is 7.80. The van der Waals surface area contributed by atoms with Crippen LogP contribution in [0.3, 0.4) is 0 Å². The lowest BCUT2D eigenvalue weighted by molar-refractivity contribution is 0.202. The van der Waals surface area contributed by atoms with Crippen LogP contribution in [-0.2, 0) is 17.8 Å². The summed E-state index contributed by atoms with van der Waals surface area (Å²) in [5, 5.41) is 0. The van der Waals surface area contributed by atoms with E-state index in [0.717, 1.165) is 29.9 Å². The Kier molecular flexibility index (Phi) is 5.72. The van der Waals surface area contributed by atoms with Gasteiger partial charge in [0.15, 0.2) is 0 Å². The van der Waals surface area contributed by atoms with E-state index in [1.807, 2.05) is 36.4 Å². The fourth-order valence-corrected chi connectivity index (χ4v) is 2.04. The van der Waals surface area contributed by atoms with E-state index >= 15 is 0 Å². The zero-order valence-electron chi connectivity index (χ0n) is 12.0. The fourth-order valence-electron chi connectivity index (χ4n) is 1.90. The first kappa shape index (κ1) is 15.5. The molecule has 0 atom stereocenters. The van der Waals surface area contributed by atoms with Gasteiger partial charge >= 0.3 is 0 Å². The topological polar surface area (TPSA) is 44.5 Å². The fraction of sp³-hybridized carbons (Fsp3) is 0.235. The molecule has 0 aliphatic heterocycles. The van der Waals surface area contributed by atoms with Crippen molar-refractivity contribution in [2.24, 2.45) is 5.73 Å². The van der Waals surface area contributed by atoms with Crippen molar-refractivity contribution in [3.8, 4) is 5.75 Å². The van der Waals surface area contributed by atoms with Crippen LogP contribution in [0.2, 0.25) is 0 Å². The van der Waals surface area contributed by atoms with E-state index in [4.69, 9.17) is 27.4 Å². The lowest BCUT2D eigenvalue weighted by atomic mass is 10.1. The summed E-state index contributed by atoms with van der Waals surface area (Å²) in [6, 6.07) is 15.9. The molecule has 4 heteroatoms. The molecule has 0 fully saturated rings. The van der Waals surface area contributed by atoms with E-state index in [1.54, 1.807) is 7.11 Å². The molecule has 0 aliphatic carbocycles. The smallest absolute Gasteiger partial charge is 0.119 e. The van der Waals surface area contributed by atoms with E-state index in [2.05, 4.69) is 12.1 Å². The van der Waals surface area contributed by atoms with Crippen molar-refractivity contribution in [3.05, 3.63) is 65.2 Å². The highest BCUT2D eigenvalue weighted by atomic mass is 32.1. The third kappa shape index (κ3) is 4.85. The number of hydrogen-bond acceptors (Lipinski definition) is 3. The minimum Gasteiger partial charge on any atom is -0.489 e. The lowest BCUT2D eigenvalue weighted by Gasteiger charge is -2.08. The van der Waals surface area contributed by atoms with Gasteiger partial charge in [-0.25, -0.2) is 0 Å². The Morgan fingerprint density at radius 1 is 1.00 bits per heavy atom. The number of rotatable bonds is 7. The Morgan fingerprint density at radius 3 is 2.19 bits per heavy atom. The van der Waals surface area contributed by atoms with Crippen LogP contribution >= 0.6 is 12.2 Å². The highest BCUT2D eigenvalue weighted by Gasteiger charge is 1.99. The van der Waals surface area contributed by atoms with Crippen LogP contribution in [0.25, 0.3) is 0 Å². The van der Waals surface area contributed by atoms with Crippen LogP contribution in [0, 0.1) is 0 Å². The van der Waals surface area contributed by atoms with Gasteiger partial charge in [0.05, 0.1) is 6.61 Å². The maximum Gasteiger partial charge on any atom is 0.119 e. The second-order valence-electron chi connectivity index (χ2n) is 4.74. The molecule has 0 bridgehead atoms. The van der Waals surface area contributed by atoms with Crippen molar-refractivity contribution in [1.82, 2.24) is 0 Å². The highest BCUT2D eigenvalue weighted by Crippen LogP contribution is 2.15. The first-order valence-corrected chi connectivity index (χ1v) is 7.19. The van der Waals surface area contributed by atoms with Crippen molar-refractivity contribution in [2.45, 2.75) is 13.0 Å². The Hall–Kier alpha value is -1.91. The molecule has 0 spiro atoms. The summed E-state index contributed by atoms with van der Waals surface area (Å²) < 4.78 is 10.8. The van der Waals surface area contributed by atoms with E-state index in [1.165, 1.54) is 5.56 Å². The lowest BCUT2D eigenvalue weighted by Crippen LogP contribution is -2.09. The second kappa shape index (κ2) is 7.76. The number of ether oxygens (including phenoxy) is 2. The van der Waals surface area contributed by atoms with E-state index in [-0.39, 0.29) is 0 Å². The largest absolute Gasteiger partial charge is 0.489 e. The molecule has 0 radical (unpaired) electrons. The number of hydrogen-bond donors (Lipinski definition) is 1. The zero-order valence-corrected chi connectivity index (χ0v) is 12.9. The molecule has 0 saturated heterocycles. The monoisotopic (exact) mass is 301 g/mol. The summed E-state index contributed by atoms with van der Waals surface area (Å²) in [4.78, 5) is 0.411. The first-order valence-electron chi connectivity index (χ1n) is 6.78. The van der Waals surface area contributed by atoms with Crippen molar-refractivity contribution in [2.75, 3.05) is 13.7 Å². The van der Waals surface area contributed by atoms with Crippen LogP contribution < -0.4 is 10.5 Å². The average molecular weight is 301 g/mol. The number of thiocarbonyl (C=S) groups is 1. The molecule has 0 heterocycles. The number of benzene rings is 2. The Balaban J connectivity index is 1.88. The molecule has 110 valence electrons. The van der Waals surface area contributed by atoms with E-state index in [9.17, 15) is 0 Å². The second-order valence-corrected chi connectivity index (χ2v) is 5.18. The van der Waals surface area contributed by atoms with Crippen LogP contribution in [0.15, 0.2) is 48.5 Å². The zero-order chi connectivity index (χ0) is 15.1. The van der Waals surface area contributed by atoms with Crippen LogP contribution in [-0.4, -0.2) is 18.7 Å². The molecule has 2 N–H and O–H groups in total. The van der Waals surface area contributed by atoms with Gasteiger partial charge in [-0.3, -0.25) is 0 Å². The molecule has 2 aromatic carbocycles. The summed E-state index contributed by atoms with van der Waals surface area (Å²) in [7, 11) is 1.71. The van der Waals surface area contributed by atoms with Crippen LogP contribution in [0.1, 0.15) is 16.7 Å². The normalized spacial score (nSPS) is 10.3. The molecule has 0 saturated carbocycles. The summed E-state index contributed by atoms with van der Waals surface area (Å²) in [6.07, 6.45) is 0.914. The van der Waals surface area contributed by atoms with Crippen molar-refractivity contribution in [3.63, 3.8) is 0 Å². The van der Waals surface area contributed by atoms with Gasteiger partial charge < -0.3 is 15.2 Å². The predicted octanol–water partition coefficient (Wildman–Crippen LogP) is 3.09. The Labute approximate surface area is 130 Å². The van der Waals surface area contributed by atoms with Gasteiger partial charge in [0.1, 0.15) is 17.3 Å². The van der Waals surface area contributed by atoms with Crippen molar-refractivity contribution in [1.29, 1.82) is 0 Å².